The number of aliphatic hydroxyl groups excluding tert-OH is 1. The quantitative estimate of drug-likeness (QED) is 0.559. The molecule has 166 valence electrons. The van der Waals surface area contributed by atoms with Gasteiger partial charge in [-0.3, -0.25) is 0 Å². The van der Waals surface area contributed by atoms with E-state index in [2.05, 4.69) is 75.3 Å². The van der Waals surface area contributed by atoms with Crippen LogP contribution >= 0.6 is 0 Å². The molecule has 5 unspecified atom stereocenters. The molecule has 1 fully saturated rings. The van der Waals surface area contributed by atoms with Gasteiger partial charge in [-0.25, -0.2) is 0 Å². The number of aromatic hydroxyl groups is 1. The van der Waals surface area contributed by atoms with Crippen molar-refractivity contribution in [2.45, 2.75) is 106 Å². The first-order chi connectivity index (χ1) is 13.1. The molecule has 0 aromatic heterocycles. The van der Waals surface area contributed by atoms with Gasteiger partial charge in [-0.05, 0) is 89.4 Å². The molecular formula is C27H46O2. The first-order valence-corrected chi connectivity index (χ1v) is 11.6. The van der Waals surface area contributed by atoms with Gasteiger partial charge in [0.2, 0.25) is 0 Å². The zero-order chi connectivity index (χ0) is 22.3. The molecule has 2 heteroatoms. The van der Waals surface area contributed by atoms with Crippen LogP contribution in [-0.4, -0.2) is 16.3 Å². The number of aliphatic hydroxyl groups is 1. The summed E-state index contributed by atoms with van der Waals surface area (Å²) in [6, 6.07) is 4.25. The van der Waals surface area contributed by atoms with Crippen LogP contribution in [0.2, 0.25) is 0 Å². The predicted octanol–water partition coefficient (Wildman–Crippen LogP) is 7.20. The van der Waals surface area contributed by atoms with Crippen molar-refractivity contribution in [3.05, 3.63) is 28.8 Å². The molecule has 1 aromatic carbocycles. The van der Waals surface area contributed by atoms with Crippen molar-refractivity contribution < 1.29 is 10.2 Å². The summed E-state index contributed by atoms with van der Waals surface area (Å²) in [4.78, 5) is 0. The predicted molar refractivity (Wildman–Crippen MR) is 125 cm³/mol. The maximum atomic E-state index is 10.7. The van der Waals surface area contributed by atoms with Crippen LogP contribution in [0.4, 0.5) is 0 Å². The second-order valence-corrected chi connectivity index (χ2v) is 12.3. The van der Waals surface area contributed by atoms with Gasteiger partial charge in [0, 0.05) is 0 Å². The van der Waals surface area contributed by atoms with Crippen LogP contribution in [0.5, 0.6) is 5.75 Å². The monoisotopic (exact) mass is 402 g/mol. The Labute approximate surface area is 180 Å². The van der Waals surface area contributed by atoms with Crippen molar-refractivity contribution in [1.82, 2.24) is 0 Å². The van der Waals surface area contributed by atoms with Crippen molar-refractivity contribution >= 4 is 0 Å². The summed E-state index contributed by atoms with van der Waals surface area (Å²) < 4.78 is 0. The Morgan fingerprint density at radius 3 is 2.10 bits per heavy atom. The summed E-state index contributed by atoms with van der Waals surface area (Å²) in [7, 11) is 0. The second-order valence-electron chi connectivity index (χ2n) is 12.3. The molecule has 0 heterocycles. The summed E-state index contributed by atoms with van der Waals surface area (Å²) in [6.45, 7) is 22.5. The van der Waals surface area contributed by atoms with Gasteiger partial charge in [0.25, 0.3) is 0 Å². The van der Waals surface area contributed by atoms with Crippen LogP contribution in [0.3, 0.4) is 0 Å². The molecule has 1 saturated carbocycles. The minimum atomic E-state index is -0.179. The zero-order valence-electron chi connectivity index (χ0n) is 20.6. The SMILES string of the molecule is Cc1cc(O)c(C(C)(C)C)cc1C(CC1CC(C(C)(C)C)C(O)CC1C)C(C)C. The maximum Gasteiger partial charge on any atom is 0.119 e. The fourth-order valence-corrected chi connectivity index (χ4v) is 5.51. The third kappa shape index (κ3) is 5.57. The molecule has 1 aliphatic carbocycles. The van der Waals surface area contributed by atoms with E-state index in [1.807, 2.05) is 6.07 Å². The molecule has 2 nitrogen and oxygen atoms in total. The van der Waals surface area contributed by atoms with E-state index in [4.69, 9.17) is 0 Å². The fraction of sp³-hybridized carbons (Fsp3) is 0.778. The average molecular weight is 403 g/mol. The standard InChI is InChI=1S/C27H46O2/c1-16(2)20(21-15-23(27(8,9)10)25(29)12-18(21)4)13-19-14-22(26(5,6)7)24(28)11-17(19)3/h12,15-17,19-20,22,24,28-29H,11,13-14H2,1-10H3. The molecule has 0 spiro atoms. The lowest BCUT2D eigenvalue weighted by atomic mass is 9.62. The lowest BCUT2D eigenvalue weighted by molar-refractivity contribution is -0.0334. The number of aryl methyl sites for hydroxylation is 1. The summed E-state index contributed by atoms with van der Waals surface area (Å²) in [6.07, 6.45) is 3.01. The molecule has 0 radical (unpaired) electrons. The van der Waals surface area contributed by atoms with Gasteiger partial charge in [-0.15, -0.1) is 0 Å². The highest BCUT2D eigenvalue weighted by Gasteiger charge is 2.41. The van der Waals surface area contributed by atoms with Crippen LogP contribution in [0.15, 0.2) is 12.1 Å². The third-order valence-electron chi connectivity index (χ3n) is 7.50. The van der Waals surface area contributed by atoms with Gasteiger partial charge in [0.1, 0.15) is 5.75 Å². The van der Waals surface area contributed by atoms with E-state index in [1.165, 1.54) is 11.1 Å². The summed E-state index contributed by atoms with van der Waals surface area (Å²) >= 11 is 0. The van der Waals surface area contributed by atoms with Crippen LogP contribution in [0.1, 0.15) is 104 Å². The van der Waals surface area contributed by atoms with Crippen molar-refractivity contribution in [3.8, 4) is 5.75 Å². The Morgan fingerprint density at radius 2 is 1.62 bits per heavy atom. The van der Waals surface area contributed by atoms with Crippen LogP contribution in [-0.2, 0) is 5.41 Å². The molecule has 2 rings (SSSR count). The Bertz CT molecular complexity index is 690. The van der Waals surface area contributed by atoms with E-state index in [0.29, 0.717) is 35.3 Å². The largest absolute Gasteiger partial charge is 0.508 e. The van der Waals surface area contributed by atoms with E-state index in [0.717, 1.165) is 24.8 Å². The second kappa shape index (κ2) is 8.61. The topological polar surface area (TPSA) is 40.5 Å². The summed E-state index contributed by atoms with van der Waals surface area (Å²) in [5.41, 5.74) is 3.70. The normalized spacial score (nSPS) is 27.3. The van der Waals surface area contributed by atoms with E-state index in [-0.39, 0.29) is 16.9 Å². The number of hydrogen-bond donors (Lipinski definition) is 2. The average Bonchev–Trinajstić information content (AvgIpc) is 2.52. The van der Waals surface area contributed by atoms with E-state index in [1.54, 1.807) is 0 Å². The summed E-state index contributed by atoms with van der Waals surface area (Å²) in [5, 5.41) is 21.3. The molecule has 0 aliphatic heterocycles. The minimum Gasteiger partial charge on any atom is -0.508 e. The third-order valence-corrected chi connectivity index (χ3v) is 7.50. The van der Waals surface area contributed by atoms with Crippen molar-refractivity contribution in [3.63, 3.8) is 0 Å². The fourth-order valence-electron chi connectivity index (χ4n) is 5.51. The zero-order valence-corrected chi connectivity index (χ0v) is 20.6. The van der Waals surface area contributed by atoms with Gasteiger partial charge in [0.15, 0.2) is 0 Å². The van der Waals surface area contributed by atoms with Crippen LogP contribution in [0, 0.1) is 36.0 Å². The molecule has 2 N–H and O–H groups in total. The molecule has 0 amide bonds. The highest BCUT2D eigenvalue weighted by Crippen LogP contribution is 2.48. The molecule has 5 atom stereocenters. The van der Waals surface area contributed by atoms with Gasteiger partial charge >= 0.3 is 0 Å². The highest BCUT2D eigenvalue weighted by molar-refractivity contribution is 5.46. The number of phenols is 1. The van der Waals surface area contributed by atoms with E-state index < -0.39 is 0 Å². The first kappa shape index (κ1) is 24.3. The Morgan fingerprint density at radius 1 is 1.03 bits per heavy atom. The Balaban J connectivity index is 2.38. The lowest BCUT2D eigenvalue weighted by Crippen LogP contribution is -2.41. The maximum absolute atomic E-state index is 10.7. The Hall–Kier alpha value is -1.02. The highest BCUT2D eigenvalue weighted by atomic mass is 16.3. The number of rotatable bonds is 4. The van der Waals surface area contributed by atoms with Crippen LogP contribution < -0.4 is 0 Å². The van der Waals surface area contributed by atoms with Gasteiger partial charge in [-0.1, -0.05) is 68.4 Å². The minimum absolute atomic E-state index is 0.0758. The molecule has 29 heavy (non-hydrogen) atoms. The van der Waals surface area contributed by atoms with Crippen LogP contribution in [0.25, 0.3) is 0 Å². The van der Waals surface area contributed by atoms with E-state index >= 15 is 0 Å². The van der Waals surface area contributed by atoms with E-state index in [9.17, 15) is 10.2 Å². The lowest BCUT2D eigenvalue weighted by Gasteiger charge is -2.45. The number of benzene rings is 1. The van der Waals surface area contributed by atoms with Gasteiger partial charge in [-0.2, -0.15) is 0 Å². The summed E-state index contributed by atoms with van der Waals surface area (Å²) in [5.74, 6) is 2.97. The first-order valence-electron chi connectivity index (χ1n) is 11.6. The Kier molecular flexibility index (Phi) is 7.20. The van der Waals surface area contributed by atoms with Crippen molar-refractivity contribution in [2.75, 3.05) is 0 Å². The van der Waals surface area contributed by atoms with Gasteiger partial charge < -0.3 is 10.2 Å². The van der Waals surface area contributed by atoms with Gasteiger partial charge in [0.05, 0.1) is 6.10 Å². The molecule has 0 bridgehead atoms. The van der Waals surface area contributed by atoms with Crippen molar-refractivity contribution in [1.29, 1.82) is 0 Å². The number of phenolic OH excluding ortho intramolecular Hbond substituents is 1. The molecule has 1 aliphatic rings. The molecule has 1 aromatic rings. The smallest absolute Gasteiger partial charge is 0.119 e. The molecule has 0 saturated heterocycles. The number of hydrogen-bond acceptors (Lipinski definition) is 2. The van der Waals surface area contributed by atoms with Crippen molar-refractivity contribution in [2.24, 2.45) is 29.1 Å². The molecular weight excluding hydrogens is 356 g/mol.